The van der Waals surface area contributed by atoms with E-state index in [1.165, 1.54) is 0 Å². The monoisotopic (exact) mass is 288 g/mol. The lowest BCUT2D eigenvalue weighted by atomic mass is 10.1. The Kier molecular flexibility index (Phi) is 5.78. The first kappa shape index (κ1) is 15.5. The van der Waals surface area contributed by atoms with Gasteiger partial charge < -0.3 is 9.30 Å². The van der Waals surface area contributed by atoms with Gasteiger partial charge in [-0.25, -0.2) is 10.4 Å². The number of nitrogens with two attached hydrogens (primary N) is 1. The van der Waals surface area contributed by atoms with E-state index in [9.17, 15) is 0 Å². The predicted molar refractivity (Wildman–Crippen MR) is 83.9 cm³/mol. The van der Waals surface area contributed by atoms with Gasteiger partial charge in [0.2, 0.25) is 0 Å². The molecule has 0 aliphatic heterocycles. The van der Waals surface area contributed by atoms with Crippen molar-refractivity contribution in [1.82, 2.24) is 15.0 Å². The minimum atomic E-state index is -0.142. The van der Waals surface area contributed by atoms with Crippen LogP contribution in [0.25, 0.3) is 0 Å². The number of hydrogen-bond donors (Lipinski definition) is 2. The normalized spacial score (nSPS) is 12.3. The largest absolute Gasteiger partial charge is 0.494 e. The van der Waals surface area contributed by atoms with Crippen molar-refractivity contribution >= 4 is 0 Å². The Morgan fingerprint density at radius 1 is 1.33 bits per heavy atom. The number of aryl methyl sites for hydroxylation is 1. The summed E-state index contributed by atoms with van der Waals surface area (Å²) in [5, 5.41) is 0. The molecule has 1 aromatic heterocycles. The fourth-order valence-electron chi connectivity index (χ4n) is 2.33. The van der Waals surface area contributed by atoms with Gasteiger partial charge in [0.25, 0.3) is 0 Å². The van der Waals surface area contributed by atoms with E-state index >= 15 is 0 Å². The quantitative estimate of drug-likeness (QED) is 0.579. The molecule has 0 amide bonds. The molecule has 1 unspecified atom stereocenters. The second-order valence-corrected chi connectivity index (χ2v) is 5.00. The fraction of sp³-hybridized carbons (Fsp3) is 0.438. The number of benzene rings is 1. The second kappa shape index (κ2) is 7.81. The van der Waals surface area contributed by atoms with Gasteiger partial charge in [0, 0.05) is 18.9 Å². The molecular weight excluding hydrogens is 264 g/mol. The van der Waals surface area contributed by atoms with Crippen LogP contribution in [-0.2, 0) is 6.54 Å². The van der Waals surface area contributed by atoms with Crippen molar-refractivity contribution < 1.29 is 4.74 Å². The van der Waals surface area contributed by atoms with E-state index in [0.717, 1.165) is 36.5 Å². The molecule has 1 aromatic carbocycles. The van der Waals surface area contributed by atoms with Crippen LogP contribution in [0.5, 0.6) is 5.75 Å². The molecule has 1 atom stereocenters. The van der Waals surface area contributed by atoms with Gasteiger partial charge in [0.15, 0.2) is 0 Å². The lowest BCUT2D eigenvalue weighted by molar-refractivity contribution is 0.317. The number of hydrogen-bond acceptors (Lipinski definition) is 4. The molecule has 0 bridgehead atoms. The van der Waals surface area contributed by atoms with Crippen LogP contribution in [0.15, 0.2) is 36.7 Å². The van der Waals surface area contributed by atoms with Crippen molar-refractivity contribution in [2.75, 3.05) is 6.61 Å². The van der Waals surface area contributed by atoms with Crippen molar-refractivity contribution in [3.63, 3.8) is 0 Å². The third-order valence-corrected chi connectivity index (χ3v) is 3.30. The van der Waals surface area contributed by atoms with Crippen LogP contribution in [0.1, 0.15) is 44.1 Å². The molecule has 0 aliphatic carbocycles. The number of aromatic nitrogens is 2. The number of nitrogens with zero attached hydrogens (tertiary/aromatic N) is 2. The van der Waals surface area contributed by atoms with Crippen LogP contribution in [0.3, 0.4) is 0 Å². The molecule has 0 radical (unpaired) electrons. The van der Waals surface area contributed by atoms with E-state index in [4.69, 9.17) is 10.6 Å². The van der Waals surface area contributed by atoms with Crippen LogP contribution in [-0.4, -0.2) is 16.2 Å². The van der Waals surface area contributed by atoms with Gasteiger partial charge in [-0.2, -0.15) is 0 Å². The smallest absolute Gasteiger partial charge is 0.131 e. The highest BCUT2D eigenvalue weighted by molar-refractivity contribution is 5.33. The Morgan fingerprint density at radius 3 is 2.90 bits per heavy atom. The Labute approximate surface area is 126 Å². The van der Waals surface area contributed by atoms with Crippen molar-refractivity contribution in [2.45, 2.75) is 39.3 Å². The van der Waals surface area contributed by atoms with Crippen molar-refractivity contribution in [1.29, 1.82) is 0 Å². The van der Waals surface area contributed by atoms with Gasteiger partial charge in [-0.1, -0.05) is 26.0 Å². The lowest BCUT2D eigenvalue weighted by Crippen LogP contribution is -2.31. The maximum absolute atomic E-state index is 5.77. The molecule has 21 heavy (non-hydrogen) atoms. The minimum Gasteiger partial charge on any atom is -0.494 e. The Bertz CT molecular complexity index is 553. The Balaban J connectivity index is 2.26. The van der Waals surface area contributed by atoms with Crippen LogP contribution < -0.4 is 16.0 Å². The lowest BCUT2D eigenvalue weighted by Gasteiger charge is -2.18. The van der Waals surface area contributed by atoms with E-state index in [-0.39, 0.29) is 6.04 Å². The molecule has 0 saturated heterocycles. The average Bonchev–Trinajstić information content (AvgIpc) is 2.95. The summed E-state index contributed by atoms with van der Waals surface area (Å²) in [5.41, 5.74) is 3.91. The standard InChI is InChI=1S/C16H24N4O/c1-3-9-20-10-8-18-16(20)15(19-17)13-6-5-7-14(12-13)21-11-4-2/h5-8,10,12,15,19H,3-4,9,11,17H2,1-2H3. The summed E-state index contributed by atoms with van der Waals surface area (Å²) in [4.78, 5) is 4.45. The summed E-state index contributed by atoms with van der Waals surface area (Å²) in [6.07, 6.45) is 5.84. The van der Waals surface area contributed by atoms with Gasteiger partial charge in [-0.05, 0) is 30.5 Å². The van der Waals surface area contributed by atoms with Crippen LogP contribution >= 0.6 is 0 Å². The van der Waals surface area contributed by atoms with Crippen molar-refractivity contribution in [3.8, 4) is 5.75 Å². The molecule has 5 nitrogen and oxygen atoms in total. The van der Waals surface area contributed by atoms with Gasteiger partial charge in [-0.15, -0.1) is 0 Å². The van der Waals surface area contributed by atoms with E-state index in [1.807, 2.05) is 36.7 Å². The van der Waals surface area contributed by atoms with Crippen LogP contribution in [0.2, 0.25) is 0 Å². The highest BCUT2D eigenvalue weighted by atomic mass is 16.5. The fourth-order valence-corrected chi connectivity index (χ4v) is 2.33. The number of hydrazine groups is 1. The molecule has 0 fully saturated rings. The number of rotatable bonds is 8. The molecule has 0 aliphatic rings. The molecule has 0 spiro atoms. The molecule has 114 valence electrons. The SMILES string of the molecule is CCCOc1cccc(C(NN)c2nccn2CCC)c1. The van der Waals surface area contributed by atoms with Crippen molar-refractivity contribution in [3.05, 3.63) is 48.0 Å². The first-order valence-electron chi connectivity index (χ1n) is 7.50. The second-order valence-electron chi connectivity index (χ2n) is 5.00. The van der Waals surface area contributed by atoms with Gasteiger partial charge in [0.1, 0.15) is 17.6 Å². The average molecular weight is 288 g/mol. The van der Waals surface area contributed by atoms with E-state index in [2.05, 4.69) is 28.8 Å². The highest BCUT2D eigenvalue weighted by Crippen LogP contribution is 2.24. The van der Waals surface area contributed by atoms with Gasteiger partial charge in [-0.3, -0.25) is 5.84 Å². The van der Waals surface area contributed by atoms with E-state index < -0.39 is 0 Å². The maximum Gasteiger partial charge on any atom is 0.131 e. The van der Waals surface area contributed by atoms with Gasteiger partial charge in [0.05, 0.1) is 6.61 Å². The summed E-state index contributed by atoms with van der Waals surface area (Å²) in [7, 11) is 0. The Hall–Kier alpha value is -1.85. The van der Waals surface area contributed by atoms with E-state index in [1.54, 1.807) is 0 Å². The maximum atomic E-state index is 5.77. The number of imidazole rings is 1. The zero-order chi connectivity index (χ0) is 15.1. The molecule has 0 saturated carbocycles. The van der Waals surface area contributed by atoms with Crippen LogP contribution in [0, 0.1) is 0 Å². The molecule has 2 rings (SSSR count). The summed E-state index contributed by atoms with van der Waals surface area (Å²) in [5.74, 6) is 7.55. The summed E-state index contributed by atoms with van der Waals surface area (Å²) >= 11 is 0. The zero-order valence-electron chi connectivity index (χ0n) is 12.7. The first-order chi connectivity index (χ1) is 10.3. The zero-order valence-corrected chi connectivity index (χ0v) is 12.7. The predicted octanol–water partition coefficient (Wildman–Crippen LogP) is 2.63. The third-order valence-electron chi connectivity index (χ3n) is 3.30. The number of nitrogens with one attached hydrogen (secondary N) is 1. The minimum absolute atomic E-state index is 0.142. The third kappa shape index (κ3) is 3.83. The number of ether oxygens (including phenoxy) is 1. The molecule has 2 aromatic rings. The summed E-state index contributed by atoms with van der Waals surface area (Å²) in [6.45, 7) is 5.89. The van der Waals surface area contributed by atoms with Crippen molar-refractivity contribution in [2.24, 2.45) is 5.84 Å². The molecule has 1 heterocycles. The molecular formula is C16H24N4O. The van der Waals surface area contributed by atoms with Crippen LogP contribution in [0.4, 0.5) is 0 Å². The first-order valence-corrected chi connectivity index (χ1v) is 7.50. The molecule has 5 heteroatoms. The summed E-state index contributed by atoms with van der Waals surface area (Å²) in [6, 6.07) is 7.86. The summed E-state index contributed by atoms with van der Waals surface area (Å²) < 4.78 is 7.82. The highest BCUT2D eigenvalue weighted by Gasteiger charge is 2.18. The topological polar surface area (TPSA) is 65.1 Å². The van der Waals surface area contributed by atoms with Gasteiger partial charge >= 0.3 is 0 Å². The Morgan fingerprint density at radius 2 is 2.19 bits per heavy atom. The van der Waals surface area contributed by atoms with E-state index in [0.29, 0.717) is 6.61 Å². The molecule has 3 N–H and O–H groups in total.